The molecule has 0 saturated heterocycles. The van der Waals surface area contributed by atoms with E-state index in [-0.39, 0.29) is 25.2 Å². The summed E-state index contributed by atoms with van der Waals surface area (Å²) in [5.41, 5.74) is -0.651. The largest absolute Gasteiger partial charge is 0.548 e. The molecule has 0 aromatic heterocycles. The summed E-state index contributed by atoms with van der Waals surface area (Å²) in [5.74, 6) is 0.290. The normalized spacial score (nSPS) is 24.5. The van der Waals surface area contributed by atoms with Crippen LogP contribution in [0.25, 0.3) is 4.98 Å². The lowest BCUT2D eigenvalue weighted by atomic mass is 9.75. The van der Waals surface area contributed by atoms with Gasteiger partial charge in [0.15, 0.2) is 4.98 Å². The van der Waals surface area contributed by atoms with Crippen LogP contribution in [-0.2, 0) is 18.3 Å². The van der Waals surface area contributed by atoms with E-state index < -0.39 is 19.0 Å². The lowest BCUT2D eigenvalue weighted by Crippen LogP contribution is -2.34. The zero-order valence-corrected chi connectivity index (χ0v) is 16.7. The maximum atomic E-state index is 12.9. The molecule has 0 aromatic rings. The summed E-state index contributed by atoms with van der Waals surface area (Å²) >= 11 is 0. The van der Waals surface area contributed by atoms with Crippen molar-refractivity contribution in [3.8, 4) is 0 Å². The summed E-state index contributed by atoms with van der Waals surface area (Å²) in [4.78, 5) is 2.94. The van der Waals surface area contributed by atoms with Crippen LogP contribution in [0.15, 0.2) is 36.7 Å². The molecule has 0 unspecified atom stereocenters. The molecule has 3 atom stereocenters. The van der Waals surface area contributed by atoms with Crippen molar-refractivity contribution in [1.29, 1.82) is 5.39 Å². The van der Waals surface area contributed by atoms with Crippen LogP contribution in [0.3, 0.4) is 0 Å². The molecule has 1 fully saturated rings. The number of aliphatic hydroxyl groups is 1. The van der Waals surface area contributed by atoms with E-state index in [0.717, 1.165) is 19.3 Å². The highest BCUT2D eigenvalue weighted by Gasteiger charge is 2.48. The van der Waals surface area contributed by atoms with Gasteiger partial charge < -0.3 is 9.84 Å². The molecule has 1 aliphatic rings. The molecule has 26 heavy (non-hydrogen) atoms. The van der Waals surface area contributed by atoms with Gasteiger partial charge in [-0.2, -0.15) is 0 Å². The third-order valence-corrected chi connectivity index (χ3v) is 6.27. The second-order valence-electron chi connectivity index (χ2n) is 6.88. The van der Waals surface area contributed by atoms with Crippen LogP contribution in [0.2, 0.25) is 0 Å². The van der Waals surface area contributed by atoms with Crippen molar-refractivity contribution in [3.63, 3.8) is 0 Å². The Bertz CT molecular complexity index is 595. The first-order chi connectivity index (χ1) is 12.3. The van der Waals surface area contributed by atoms with Gasteiger partial charge in [-0.15, -0.1) is 13.2 Å². The number of rotatable bonds is 10. The number of ether oxygens (including phenoxy) is 1. The number of hydrogen-bond donors (Lipinski definition) is 1. The minimum absolute atomic E-state index is 0.115. The van der Waals surface area contributed by atoms with Crippen molar-refractivity contribution in [2.24, 2.45) is 17.8 Å². The molecule has 0 heterocycles. The first kappa shape index (κ1) is 22.4. The molecular formula is C18H30N2O5P+. The summed E-state index contributed by atoms with van der Waals surface area (Å²) in [6.07, 6.45) is 5.27. The average molecular weight is 385 g/mol. The van der Waals surface area contributed by atoms with E-state index in [1.807, 2.05) is 0 Å². The summed E-state index contributed by atoms with van der Waals surface area (Å²) < 4.78 is 28.9. The van der Waals surface area contributed by atoms with Gasteiger partial charge in [0, 0.05) is 0 Å². The van der Waals surface area contributed by atoms with Crippen LogP contribution < -0.4 is 0 Å². The van der Waals surface area contributed by atoms with Crippen LogP contribution in [0.4, 0.5) is 0 Å². The third kappa shape index (κ3) is 5.98. The summed E-state index contributed by atoms with van der Waals surface area (Å²) in [7, 11) is -4.10. The van der Waals surface area contributed by atoms with Gasteiger partial charge in [-0.05, 0) is 30.6 Å². The number of nitrogens with zero attached hydrogens (tertiary/aromatic N) is 2. The van der Waals surface area contributed by atoms with Gasteiger partial charge in [0.25, 0.3) is 0 Å². The van der Waals surface area contributed by atoms with Crippen LogP contribution in [-0.4, -0.2) is 24.4 Å². The molecule has 1 saturated carbocycles. The molecular weight excluding hydrogens is 355 g/mol. The highest BCUT2D eigenvalue weighted by atomic mass is 31.2. The van der Waals surface area contributed by atoms with Crippen molar-refractivity contribution >= 4 is 7.60 Å². The second kappa shape index (κ2) is 10.5. The van der Waals surface area contributed by atoms with E-state index in [9.17, 15) is 15.1 Å². The predicted octanol–water partition coefficient (Wildman–Crippen LogP) is 5.60. The van der Waals surface area contributed by atoms with Crippen molar-refractivity contribution in [3.05, 3.63) is 41.7 Å². The molecule has 146 valence electrons. The summed E-state index contributed by atoms with van der Waals surface area (Å²) in [6.45, 7) is 13.0. The van der Waals surface area contributed by atoms with Gasteiger partial charge in [0.2, 0.25) is 5.39 Å². The Balaban J connectivity index is 3.13. The number of diazo groups is 1. The molecule has 1 rings (SSSR count). The molecule has 0 spiro atoms. The van der Waals surface area contributed by atoms with Gasteiger partial charge >= 0.3 is 19.0 Å². The van der Waals surface area contributed by atoms with Crippen LogP contribution >= 0.6 is 7.60 Å². The SMILES string of the molecule is C=CCOP(=O)(OCC=C)/C([N+]#N)=C(\O)O[C@@H]1C[C@H](C)CC[C@H]1C(C)C. The van der Waals surface area contributed by atoms with Gasteiger partial charge in [0.1, 0.15) is 6.10 Å². The van der Waals surface area contributed by atoms with Gasteiger partial charge in [-0.1, -0.05) is 39.3 Å². The van der Waals surface area contributed by atoms with Crippen LogP contribution in [0, 0.1) is 23.1 Å². The minimum Gasteiger partial charge on any atom is -0.475 e. The molecule has 1 aliphatic carbocycles. The Labute approximate surface area is 155 Å². The zero-order chi connectivity index (χ0) is 19.7. The third-order valence-electron chi connectivity index (χ3n) is 4.49. The minimum atomic E-state index is -4.10. The number of aliphatic hydroxyl groups excluding tert-OH is 1. The Morgan fingerprint density at radius 2 is 1.88 bits per heavy atom. The Hall–Kier alpha value is -1.61. The smallest absolute Gasteiger partial charge is 0.475 e. The fourth-order valence-corrected chi connectivity index (χ4v) is 4.44. The molecule has 0 amide bonds. The molecule has 0 aliphatic heterocycles. The van der Waals surface area contributed by atoms with Crippen molar-refractivity contribution < 1.29 is 23.5 Å². The first-order valence-electron chi connectivity index (χ1n) is 8.85. The Kier molecular flexibility index (Phi) is 9.07. The lowest BCUT2D eigenvalue weighted by molar-refractivity contribution is -0.0448. The second-order valence-corrected chi connectivity index (χ2v) is 8.81. The standard InChI is InChI=1S/C18H29N2O5P/c1-6-10-23-26(22,24-11-7-2)17(20-19)18(21)25-16-12-14(5)8-9-15(16)13(3)4/h6-7,13-16H,1-2,8-12H2,3-5H3/p+1/t14-,15+,16-/m1/s1. The molecule has 0 aromatic carbocycles. The predicted molar refractivity (Wildman–Crippen MR) is 101 cm³/mol. The van der Waals surface area contributed by atoms with E-state index in [2.05, 4.69) is 38.9 Å². The van der Waals surface area contributed by atoms with E-state index >= 15 is 0 Å². The average Bonchev–Trinajstić information content (AvgIpc) is 2.58. The molecule has 8 heteroatoms. The molecule has 1 N–H and O–H groups in total. The summed E-state index contributed by atoms with van der Waals surface area (Å²) in [5, 5.41) is 19.7. The maximum absolute atomic E-state index is 12.9. The molecule has 7 nitrogen and oxygen atoms in total. The molecule has 0 bridgehead atoms. The highest BCUT2D eigenvalue weighted by molar-refractivity contribution is 7.58. The quantitative estimate of drug-likeness (QED) is 0.228. The Morgan fingerprint density at radius 1 is 1.31 bits per heavy atom. The Morgan fingerprint density at radius 3 is 2.35 bits per heavy atom. The van der Waals surface area contributed by atoms with Crippen molar-refractivity contribution in [2.45, 2.75) is 46.1 Å². The first-order valence-corrected chi connectivity index (χ1v) is 10.4. The molecule has 0 radical (unpaired) electrons. The van der Waals surface area contributed by atoms with E-state index in [0.29, 0.717) is 11.8 Å². The summed E-state index contributed by atoms with van der Waals surface area (Å²) in [6, 6.07) is 0. The topological polar surface area (TPSA) is 93.1 Å². The highest BCUT2D eigenvalue weighted by Crippen LogP contribution is 2.58. The van der Waals surface area contributed by atoms with E-state index in [1.165, 1.54) is 12.2 Å². The van der Waals surface area contributed by atoms with Crippen LogP contribution in [0.5, 0.6) is 0 Å². The van der Waals surface area contributed by atoms with Crippen molar-refractivity contribution in [1.82, 2.24) is 0 Å². The van der Waals surface area contributed by atoms with Gasteiger partial charge in [-0.25, -0.2) is 4.57 Å². The van der Waals surface area contributed by atoms with Gasteiger partial charge in [0.05, 0.1) is 13.2 Å². The monoisotopic (exact) mass is 385 g/mol. The number of hydrogen-bond acceptors (Lipinski definition) is 6. The van der Waals surface area contributed by atoms with Gasteiger partial charge in [-0.3, -0.25) is 9.05 Å². The van der Waals surface area contributed by atoms with E-state index in [4.69, 9.17) is 13.8 Å². The zero-order valence-electron chi connectivity index (χ0n) is 15.8. The van der Waals surface area contributed by atoms with Crippen molar-refractivity contribution in [2.75, 3.05) is 13.2 Å². The fourth-order valence-electron chi connectivity index (χ4n) is 3.12. The maximum Gasteiger partial charge on any atom is 0.548 e. The van der Waals surface area contributed by atoms with Crippen LogP contribution in [0.1, 0.15) is 40.0 Å². The fraction of sp³-hybridized carbons (Fsp3) is 0.667. The lowest BCUT2D eigenvalue weighted by Gasteiger charge is -2.36. The van der Waals surface area contributed by atoms with E-state index in [1.54, 1.807) is 0 Å².